The number of pyridine rings is 1. The number of aromatic nitrogens is 1. The fourth-order valence-electron chi connectivity index (χ4n) is 5.23. The number of hydrogen-bond donors (Lipinski definition) is 1. The van der Waals surface area contributed by atoms with Gasteiger partial charge in [0.2, 0.25) is 8.32 Å². The van der Waals surface area contributed by atoms with Crippen LogP contribution in [-0.4, -0.2) is 39.2 Å². The monoisotopic (exact) mass is 408 g/mol. The van der Waals surface area contributed by atoms with Crippen LogP contribution in [-0.2, 0) is 13.9 Å². The van der Waals surface area contributed by atoms with Crippen molar-refractivity contribution in [3.63, 3.8) is 0 Å². The normalized spacial score (nSPS) is 26.4. The van der Waals surface area contributed by atoms with Crippen molar-refractivity contribution >= 4 is 14.0 Å². The zero-order valence-electron chi connectivity index (χ0n) is 18.9. The molecule has 0 amide bonds. The molecule has 0 aliphatic carbocycles. The van der Waals surface area contributed by atoms with Crippen LogP contribution in [0.5, 0.6) is 0 Å². The Morgan fingerprint density at radius 2 is 1.79 bits per heavy atom. The molecule has 2 rings (SSSR count). The van der Waals surface area contributed by atoms with Gasteiger partial charge in [0, 0.05) is 18.9 Å². The van der Waals surface area contributed by atoms with Crippen LogP contribution in [0, 0.1) is 5.92 Å². The summed E-state index contributed by atoms with van der Waals surface area (Å²) in [6.45, 7) is 16.8. The third kappa shape index (κ3) is 4.61. The second-order valence-electron chi connectivity index (χ2n) is 9.24. The summed E-state index contributed by atoms with van der Waals surface area (Å²) in [7, 11) is -0.280. The molecule has 2 heterocycles. The lowest BCUT2D eigenvalue weighted by molar-refractivity contribution is -0.157. The van der Waals surface area contributed by atoms with E-state index in [1.165, 1.54) is 0 Å². The van der Waals surface area contributed by atoms with E-state index in [1.807, 2.05) is 6.07 Å². The molecule has 4 atom stereocenters. The van der Waals surface area contributed by atoms with Gasteiger partial charge in [-0.15, -0.1) is 0 Å². The molecule has 1 aromatic rings. The largest absolute Gasteiger partial charge is 0.410 e. The lowest BCUT2D eigenvalue weighted by Gasteiger charge is -2.50. The Balaban J connectivity index is 2.32. The van der Waals surface area contributed by atoms with Crippen LogP contribution < -0.4 is 5.73 Å². The Kier molecular flexibility index (Phi) is 8.08. The van der Waals surface area contributed by atoms with Gasteiger partial charge in [-0.25, -0.2) is 0 Å². The summed E-state index contributed by atoms with van der Waals surface area (Å²) in [5.74, 6) is 0.356. The maximum atomic E-state index is 7.15. The Morgan fingerprint density at radius 1 is 1.18 bits per heavy atom. The number of methoxy groups -OCH3 is 1. The topological polar surface area (TPSA) is 66.6 Å². The number of nitrogens with two attached hydrogens (primary N) is 1. The lowest BCUT2D eigenvalue weighted by Crippen LogP contribution is -2.56. The predicted molar refractivity (Wildman–Crippen MR) is 118 cm³/mol. The highest BCUT2D eigenvalue weighted by atomic mass is 28.4. The Bertz CT molecular complexity index is 602. The van der Waals surface area contributed by atoms with Crippen molar-refractivity contribution in [1.29, 1.82) is 0 Å². The van der Waals surface area contributed by atoms with Gasteiger partial charge in [0.1, 0.15) is 6.10 Å². The maximum Gasteiger partial charge on any atom is 0.200 e. The van der Waals surface area contributed by atoms with Gasteiger partial charge in [-0.05, 0) is 35.0 Å². The third-order valence-corrected chi connectivity index (χ3v) is 12.6. The van der Waals surface area contributed by atoms with Gasteiger partial charge in [0.15, 0.2) is 0 Å². The van der Waals surface area contributed by atoms with Crippen molar-refractivity contribution < 1.29 is 13.9 Å². The van der Waals surface area contributed by atoms with Gasteiger partial charge >= 0.3 is 0 Å². The highest BCUT2D eigenvalue weighted by Gasteiger charge is 2.50. The molecule has 0 saturated carbocycles. The predicted octanol–water partition coefficient (Wildman–Crippen LogP) is 5.34. The summed E-state index contributed by atoms with van der Waals surface area (Å²) in [6, 6.07) is 1.97. The average molecular weight is 409 g/mol. The molecule has 160 valence electrons. The third-order valence-electron chi connectivity index (χ3n) is 6.46. The van der Waals surface area contributed by atoms with E-state index in [4.69, 9.17) is 19.6 Å². The molecule has 1 aromatic heterocycles. The molecule has 0 aromatic carbocycles. The van der Waals surface area contributed by atoms with Crippen molar-refractivity contribution in [2.75, 3.05) is 19.5 Å². The van der Waals surface area contributed by atoms with Crippen LogP contribution >= 0.6 is 0 Å². The second kappa shape index (κ2) is 9.70. The van der Waals surface area contributed by atoms with Crippen LogP contribution in [0.4, 0.5) is 5.69 Å². The van der Waals surface area contributed by atoms with Crippen LogP contribution in [0.25, 0.3) is 0 Å². The van der Waals surface area contributed by atoms with E-state index in [0.717, 1.165) is 12.0 Å². The van der Waals surface area contributed by atoms with Gasteiger partial charge < -0.3 is 19.6 Å². The minimum absolute atomic E-state index is 0.0399. The van der Waals surface area contributed by atoms with E-state index in [-0.39, 0.29) is 18.3 Å². The van der Waals surface area contributed by atoms with E-state index < -0.39 is 8.32 Å². The van der Waals surface area contributed by atoms with Crippen molar-refractivity contribution in [3.05, 3.63) is 24.0 Å². The number of rotatable bonds is 8. The number of nitrogen functional groups attached to an aromatic ring is 1. The van der Waals surface area contributed by atoms with Crippen molar-refractivity contribution in [1.82, 2.24) is 4.98 Å². The minimum Gasteiger partial charge on any atom is -0.410 e. The summed E-state index contributed by atoms with van der Waals surface area (Å²) in [6.07, 6.45) is 4.25. The van der Waals surface area contributed by atoms with Crippen LogP contribution in [0.3, 0.4) is 0 Å². The van der Waals surface area contributed by atoms with Crippen molar-refractivity contribution in [3.8, 4) is 0 Å². The van der Waals surface area contributed by atoms with E-state index in [0.29, 0.717) is 34.8 Å². The van der Waals surface area contributed by atoms with Gasteiger partial charge in [-0.1, -0.05) is 48.5 Å². The maximum absolute atomic E-state index is 7.15. The molecule has 1 aliphatic rings. The summed E-state index contributed by atoms with van der Waals surface area (Å²) in [5, 5.41) is 0. The first-order valence-electron chi connectivity index (χ1n) is 10.7. The standard InChI is InChI=1S/C22H40N2O3Si/c1-14(2)28(15(3)4,16(5)6)27-22-17(7)11-20(26-21(22)13-25-8)18-9-10-24-12-19(18)23/h9-10,12,14-17,20-22H,11,13,23H2,1-8H3/t17-,20-,21-,22+/m1/s1. The molecule has 2 N–H and O–H groups in total. The Hall–Kier alpha value is -0.953. The Morgan fingerprint density at radius 3 is 2.29 bits per heavy atom. The van der Waals surface area contributed by atoms with Gasteiger partial charge in [-0.2, -0.15) is 0 Å². The van der Waals surface area contributed by atoms with E-state index in [1.54, 1.807) is 19.5 Å². The first-order chi connectivity index (χ1) is 13.1. The highest BCUT2D eigenvalue weighted by molar-refractivity contribution is 6.77. The molecule has 5 nitrogen and oxygen atoms in total. The van der Waals surface area contributed by atoms with Crippen LogP contribution in [0.1, 0.15) is 66.6 Å². The zero-order chi connectivity index (χ0) is 21.1. The molecule has 0 bridgehead atoms. The molecule has 6 heteroatoms. The smallest absolute Gasteiger partial charge is 0.200 e. The van der Waals surface area contributed by atoms with Crippen molar-refractivity contribution in [2.45, 2.75) is 89.8 Å². The zero-order valence-corrected chi connectivity index (χ0v) is 19.9. The molecule has 1 aliphatic heterocycles. The summed E-state index contributed by atoms with van der Waals surface area (Å²) in [5.41, 5.74) is 9.49. The average Bonchev–Trinajstić information content (AvgIpc) is 2.60. The first-order valence-corrected chi connectivity index (χ1v) is 12.8. The molecular formula is C22H40N2O3Si. The summed E-state index contributed by atoms with van der Waals surface area (Å²) >= 11 is 0. The van der Waals surface area contributed by atoms with E-state index in [2.05, 4.69) is 53.5 Å². The van der Waals surface area contributed by atoms with E-state index >= 15 is 0 Å². The number of ether oxygens (including phenoxy) is 2. The van der Waals surface area contributed by atoms with Gasteiger partial charge in [-0.3, -0.25) is 4.98 Å². The molecular weight excluding hydrogens is 368 g/mol. The fraction of sp³-hybridized carbons (Fsp3) is 0.773. The lowest BCUT2D eigenvalue weighted by atomic mass is 9.88. The fourth-order valence-corrected chi connectivity index (χ4v) is 10.9. The first kappa shape index (κ1) is 23.3. The number of nitrogens with zero attached hydrogens (tertiary/aromatic N) is 1. The summed E-state index contributed by atoms with van der Waals surface area (Å²) < 4.78 is 19.2. The van der Waals surface area contributed by atoms with Crippen LogP contribution in [0.15, 0.2) is 18.5 Å². The van der Waals surface area contributed by atoms with Crippen LogP contribution in [0.2, 0.25) is 16.6 Å². The molecule has 1 saturated heterocycles. The van der Waals surface area contributed by atoms with Gasteiger partial charge in [0.25, 0.3) is 0 Å². The molecule has 1 fully saturated rings. The molecule has 28 heavy (non-hydrogen) atoms. The van der Waals surface area contributed by atoms with Crippen molar-refractivity contribution in [2.24, 2.45) is 5.92 Å². The number of anilines is 1. The van der Waals surface area contributed by atoms with Gasteiger partial charge in [0.05, 0.1) is 30.7 Å². The second-order valence-corrected chi connectivity index (χ2v) is 14.6. The molecule has 0 spiro atoms. The minimum atomic E-state index is -2.01. The Labute approximate surface area is 172 Å². The number of hydrogen-bond acceptors (Lipinski definition) is 5. The van der Waals surface area contributed by atoms with E-state index in [9.17, 15) is 0 Å². The molecule has 0 unspecified atom stereocenters. The molecule has 0 radical (unpaired) electrons. The quantitative estimate of drug-likeness (QED) is 0.588. The SMILES string of the molecule is COC[C@H]1O[C@@H](c2ccncc2N)C[C@@H](C)[C@@H]1O[Si](C(C)C)(C(C)C)C(C)C. The highest BCUT2D eigenvalue weighted by Crippen LogP contribution is 2.46. The summed E-state index contributed by atoms with van der Waals surface area (Å²) in [4.78, 5) is 4.11.